The Morgan fingerprint density at radius 1 is 1.60 bits per heavy atom. The fourth-order valence-corrected chi connectivity index (χ4v) is 2.74. The van der Waals surface area contributed by atoms with Crippen LogP contribution in [0, 0.1) is 0 Å². The Morgan fingerprint density at radius 2 is 2.40 bits per heavy atom. The molecule has 106 valence electrons. The minimum absolute atomic E-state index is 0.0149. The molecule has 0 spiro atoms. The molecule has 1 aromatic heterocycles. The van der Waals surface area contributed by atoms with E-state index in [0.29, 0.717) is 15.9 Å². The van der Waals surface area contributed by atoms with Gasteiger partial charge in [0.15, 0.2) is 5.69 Å². The van der Waals surface area contributed by atoms with Crippen LogP contribution in [0.4, 0.5) is 4.39 Å². The van der Waals surface area contributed by atoms with Gasteiger partial charge in [0.25, 0.3) is 5.91 Å². The molecule has 1 saturated heterocycles. The summed E-state index contributed by atoms with van der Waals surface area (Å²) in [6, 6.07) is 4.57. The normalized spacial score (nSPS) is 22.6. The van der Waals surface area contributed by atoms with Crippen LogP contribution in [-0.2, 0) is 0 Å². The Balaban J connectivity index is 1.98. The quantitative estimate of drug-likeness (QED) is 0.887. The molecular formula is C13H13ClFN3O2. The second kappa shape index (κ2) is 5.03. The molecule has 0 saturated carbocycles. The smallest absolute Gasteiger partial charge is 0.275 e. The molecule has 20 heavy (non-hydrogen) atoms. The van der Waals surface area contributed by atoms with Gasteiger partial charge in [-0.15, -0.1) is 0 Å². The number of aromatic nitrogens is 2. The Morgan fingerprint density at radius 3 is 3.15 bits per heavy atom. The maximum atomic E-state index is 13.4. The second-order valence-corrected chi connectivity index (χ2v) is 5.33. The number of aliphatic hydroxyl groups is 1. The number of rotatable bonds is 2. The third kappa shape index (κ3) is 2.14. The van der Waals surface area contributed by atoms with E-state index in [0.717, 1.165) is 0 Å². The van der Waals surface area contributed by atoms with E-state index in [2.05, 4.69) is 10.2 Å². The van der Waals surface area contributed by atoms with E-state index in [4.69, 9.17) is 11.6 Å². The summed E-state index contributed by atoms with van der Waals surface area (Å²) in [6.07, 6.45) is -0.948. The highest BCUT2D eigenvalue weighted by molar-refractivity contribution is 6.31. The first-order valence-electron chi connectivity index (χ1n) is 6.29. The van der Waals surface area contributed by atoms with Gasteiger partial charge in [-0.3, -0.25) is 9.89 Å². The Labute approximate surface area is 119 Å². The van der Waals surface area contributed by atoms with Gasteiger partial charge in [0.1, 0.15) is 6.17 Å². The number of aromatic amines is 1. The van der Waals surface area contributed by atoms with Crippen molar-refractivity contribution in [3.05, 3.63) is 28.9 Å². The van der Waals surface area contributed by atoms with Crippen LogP contribution in [0.2, 0.25) is 5.02 Å². The monoisotopic (exact) mass is 297 g/mol. The van der Waals surface area contributed by atoms with E-state index in [-0.39, 0.29) is 25.3 Å². The van der Waals surface area contributed by atoms with Gasteiger partial charge in [0, 0.05) is 16.8 Å². The molecule has 5 nitrogen and oxygen atoms in total. The summed E-state index contributed by atoms with van der Waals surface area (Å²) >= 11 is 5.92. The number of amides is 1. The third-order valence-electron chi connectivity index (χ3n) is 3.56. The highest BCUT2D eigenvalue weighted by Gasteiger charge is 2.36. The first kappa shape index (κ1) is 13.3. The number of likely N-dealkylation sites (tertiary alicyclic amines) is 1. The maximum absolute atomic E-state index is 13.4. The highest BCUT2D eigenvalue weighted by Crippen LogP contribution is 2.26. The lowest BCUT2D eigenvalue weighted by Gasteiger charge is -2.21. The molecule has 1 aliphatic heterocycles. The number of halogens is 2. The second-order valence-electron chi connectivity index (χ2n) is 4.89. The van der Waals surface area contributed by atoms with Crippen LogP contribution in [0.15, 0.2) is 18.2 Å². The van der Waals surface area contributed by atoms with Crippen LogP contribution in [0.5, 0.6) is 0 Å². The molecule has 1 aliphatic rings. The molecule has 2 atom stereocenters. The average molecular weight is 298 g/mol. The average Bonchev–Trinajstić information content (AvgIpc) is 3.00. The predicted molar refractivity (Wildman–Crippen MR) is 72.5 cm³/mol. The number of carbonyl (C=O) groups is 1. The topological polar surface area (TPSA) is 69.2 Å². The predicted octanol–water partition coefficient (Wildman–Crippen LogP) is 1.76. The zero-order valence-electron chi connectivity index (χ0n) is 10.5. The van der Waals surface area contributed by atoms with Crippen molar-refractivity contribution in [3.63, 3.8) is 0 Å². The van der Waals surface area contributed by atoms with Gasteiger partial charge >= 0.3 is 0 Å². The standard InChI is InChI=1S/C13H13ClFN3O2/c14-7-1-2-11-10(3-7)12(17-16-11)13(20)18-5-8(15)4-9(18)6-19/h1-3,8-9,19H,4-6H2,(H,16,17)/t8-,9-/m0/s1. The Bertz CT molecular complexity index is 660. The molecule has 0 unspecified atom stereocenters. The van der Waals surface area contributed by atoms with Crippen molar-refractivity contribution in [2.75, 3.05) is 13.2 Å². The van der Waals surface area contributed by atoms with Gasteiger partial charge in [0.05, 0.1) is 24.7 Å². The van der Waals surface area contributed by atoms with Crippen LogP contribution in [0.3, 0.4) is 0 Å². The molecule has 1 amide bonds. The van der Waals surface area contributed by atoms with Crippen molar-refractivity contribution in [3.8, 4) is 0 Å². The summed E-state index contributed by atoms with van der Waals surface area (Å²) in [4.78, 5) is 13.8. The summed E-state index contributed by atoms with van der Waals surface area (Å²) in [5.74, 6) is -0.391. The maximum Gasteiger partial charge on any atom is 0.275 e. The highest BCUT2D eigenvalue weighted by atomic mass is 35.5. The van der Waals surface area contributed by atoms with Gasteiger partial charge in [-0.05, 0) is 18.2 Å². The SMILES string of the molecule is O=C(c1n[nH]c2ccc(Cl)cc12)N1C[C@@H](F)C[C@H]1CO. The van der Waals surface area contributed by atoms with Crippen LogP contribution < -0.4 is 0 Å². The van der Waals surface area contributed by atoms with Crippen LogP contribution in [0.1, 0.15) is 16.9 Å². The number of hydrogen-bond acceptors (Lipinski definition) is 3. The van der Waals surface area contributed by atoms with Gasteiger partial charge in [-0.25, -0.2) is 4.39 Å². The fourth-order valence-electron chi connectivity index (χ4n) is 2.57. The zero-order chi connectivity index (χ0) is 14.3. The first-order valence-corrected chi connectivity index (χ1v) is 6.67. The number of alkyl halides is 1. The van der Waals surface area contributed by atoms with E-state index in [1.165, 1.54) is 4.90 Å². The summed E-state index contributed by atoms with van der Waals surface area (Å²) < 4.78 is 13.4. The number of nitrogens with one attached hydrogen (secondary N) is 1. The number of benzene rings is 1. The molecule has 0 aliphatic carbocycles. The van der Waals surface area contributed by atoms with Crippen LogP contribution >= 0.6 is 11.6 Å². The number of hydrogen-bond donors (Lipinski definition) is 2. The summed E-state index contributed by atoms with van der Waals surface area (Å²) in [7, 11) is 0. The van der Waals surface area contributed by atoms with Crippen LogP contribution in [0.25, 0.3) is 10.9 Å². The number of carbonyl (C=O) groups excluding carboxylic acids is 1. The third-order valence-corrected chi connectivity index (χ3v) is 3.80. The van der Waals surface area contributed by atoms with Crippen molar-refractivity contribution in [2.24, 2.45) is 0 Å². The Hall–Kier alpha value is -1.66. The van der Waals surface area contributed by atoms with E-state index in [1.807, 2.05) is 0 Å². The first-order chi connectivity index (χ1) is 9.60. The molecule has 1 fully saturated rings. The van der Waals surface area contributed by atoms with E-state index in [9.17, 15) is 14.3 Å². The molecule has 2 heterocycles. The molecule has 0 radical (unpaired) electrons. The molecule has 2 N–H and O–H groups in total. The van der Waals surface area contributed by atoms with Crippen molar-refractivity contribution in [2.45, 2.75) is 18.6 Å². The molecule has 0 bridgehead atoms. The molecule has 7 heteroatoms. The summed E-state index contributed by atoms with van der Waals surface area (Å²) in [5.41, 5.74) is 0.893. The minimum Gasteiger partial charge on any atom is -0.394 e. The van der Waals surface area contributed by atoms with Crippen molar-refractivity contribution in [1.82, 2.24) is 15.1 Å². The van der Waals surface area contributed by atoms with Gasteiger partial charge in [0.2, 0.25) is 0 Å². The van der Waals surface area contributed by atoms with Crippen LogP contribution in [-0.4, -0.2) is 51.5 Å². The Kier molecular flexibility index (Phi) is 3.35. The van der Waals surface area contributed by atoms with E-state index in [1.54, 1.807) is 18.2 Å². The van der Waals surface area contributed by atoms with Gasteiger partial charge in [-0.2, -0.15) is 5.10 Å². The fraction of sp³-hybridized carbons (Fsp3) is 0.385. The summed E-state index contributed by atoms with van der Waals surface area (Å²) in [6.45, 7) is -0.270. The van der Waals surface area contributed by atoms with Gasteiger partial charge in [-0.1, -0.05) is 11.6 Å². The lowest BCUT2D eigenvalue weighted by molar-refractivity contribution is 0.0669. The number of aliphatic hydroxyl groups excluding tert-OH is 1. The summed E-state index contributed by atoms with van der Waals surface area (Å²) in [5, 5.41) is 17.1. The number of H-pyrrole nitrogens is 1. The molecule has 3 rings (SSSR count). The van der Waals surface area contributed by atoms with E-state index < -0.39 is 18.1 Å². The van der Waals surface area contributed by atoms with E-state index >= 15 is 0 Å². The number of nitrogens with zero attached hydrogens (tertiary/aromatic N) is 2. The number of fused-ring (bicyclic) bond motifs is 1. The molecule has 1 aromatic carbocycles. The van der Waals surface area contributed by atoms with Crippen molar-refractivity contribution >= 4 is 28.4 Å². The zero-order valence-corrected chi connectivity index (χ0v) is 11.3. The lowest BCUT2D eigenvalue weighted by Crippen LogP contribution is -2.38. The van der Waals surface area contributed by atoms with Crippen molar-refractivity contribution in [1.29, 1.82) is 0 Å². The molecule has 2 aromatic rings. The van der Waals surface area contributed by atoms with Crippen molar-refractivity contribution < 1.29 is 14.3 Å². The molecular weight excluding hydrogens is 285 g/mol. The van der Waals surface area contributed by atoms with Gasteiger partial charge < -0.3 is 10.0 Å². The largest absolute Gasteiger partial charge is 0.394 e. The minimum atomic E-state index is -1.11. The lowest BCUT2D eigenvalue weighted by atomic mass is 10.2.